The molecule has 10 heteroatoms. The van der Waals surface area contributed by atoms with E-state index in [2.05, 4.69) is 5.32 Å². The number of hydrogen-bond donors (Lipinski definition) is 2. The fraction of sp³-hybridized carbons (Fsp3) is 0.357. The van der Waals surface area contributed by atoms with E-state index in [0.717, 1.165) is 5.56 Å². The molecule has 2 atom stereocenters. The van der Waals surface area contributed by atoms with Crippen molar-refractivity contribution < 1.29 is 32.6 Å². The lowest BCUT2D eigenvalue weighted by atomic mass is 9.92. The number of aliphatic hydroxyl groups is 1. The number of piperazine rings is 1. The molecule has 5 rings (SSSR count). The summed E-state index contributed by atoms with van der Waals surface area (Å²) in [7, 11) is 0. The van der Waals surface area contributed by atoms with Gasteiger partial charge in [-0.2, -0.15) is 0 Å². The maximum atomic E-state index is 14.1. The first kappa shape index (κ1) is 25.8. The Balaban J connectivity index is 1.43. The second-order valence-corrected chi connectivity index (χ2v) is 10.2. The maximum Gasteiger partial charge on any atom is 0.274 e. The molecule has 3 aliphatic rings. The Bertz CT molecular complexity index is 1300. The zero-order chi connectivity index (χ0) is 27.0. The molecular formula is C28H28F3N3O4. The largest absolute Gasteiger partial charge is 0.491 e. The summed E-state index contributed by atoms with van der Waals surface area (Å²) in [6.07, 6.45) is 2.33. The first-order valence-electron chi connectivity index (χ1n) is 12.4. The molecule has 38 heavy (non-hydrogen) atoms. The van der Waals surface area contributed by atoms with Crippen LogP contribution in [-0.4, -0.2) is 51.5 Å². The van der Waals surface area contributed by atoms with Crippen LogP contribution >= 0.6 is 0 Å². The number of fused-ring (bicyclic) bond motifs is 4. The quantitative estimate of drug-likeness (QED) is 0.601. The molecule has 0 aliphatic carbocycles. The van der Waals surface area contributed by atoms with E-state index in [1.54, 1.807) is 22.9 Å². The third kappa shape index (κ3) is 5.26. The van der Waals surface area contributed by atoms with Gasteiger partial charge in [0, 0.05) is 55.5 Å². The highest BCUT2D eigenvalue weighted by Gasteiger charge is 2.45. The SMILES string of the molecule is C[C@@]1(O)CCN2C[C@H](C1)N1C=C(C(=O)NCc3c(F)cc(F)cc3F)CC(OCc3ccccc3)=C1C2=O. The summed E-state index contributed by atoms with van der Waals surface area (Å²) in [5.74, 6) is -3.79. The number of amides is 2. The Morgan fingerprint density at radius 3 is 2.61 bits per heavy atom. The lowest BCUT2D eigenvalue weighted by molar-refractivity contribution is -0.132. The number of halogens is 3. The van der Waals surface area contributed by atoms with E-state index < -0.39 is 41.1 Å². The van der Waals surface area contributed by atoms with E-state index in [4.69, 9.17) is 4.74 Å². The van der Waals surface area contributed by atoms with E-state index in [1.165, 1.54) is 0 Å². The standard InChI is InChI=1S/C28H28F3N3O4/c1-28(37)7-8-33-15-20(12-28)34-14-18(26(35)32-13-21-22(30)10-19(29)11-23(21)31)9-24(25(34)27(33)36)38-16-17-5-3-2-4-6-17/h2-6,10-11,14,20,37H,7-9,12-13,15-16H2,1H3,(H,32,35)/t20-,28+/m0/s1. The smallest absolute Gasteiger partial charge is 0.274 e. The average molecular weight is 528 g/mol. The second-order valence-electron chi connectivity index (χ2n) is 10.2. The van der Waals surface area contributed by atoms with Crippen LogP contribution in [0.15, 0.2) is 65.7 Å². The number of benzene rings is 2. The number of nitrogens with one attached hydrogen (secondary N) is 1. The van der Waals surface area contributed by atoms with Crippen LogP contribution < -0.4 is 5.32 Å². The zero-order valence-electron chi connectivity index (χ0n) is 20.8. The van der Waals surface area contributed by atoms with Crippen molar-refractivity contribution in [2.45, 2.75) is 51.0 Å². The molecule has 0 saturated carbocycles. The summed E-state index contributed by atoms with van der Waals surface area (Å²) >= 11 is 0. The molecule has 2 bridgehead atoms. The van der Waals surface area contributed by atoms with Gasteiger partial charge in [0.2, 0.25) is 5.91 Å². The van der Waals surface area contributed by atoms with Crippen LogP contribution in [0, 0.1) is 17.5 Å². The second kappa shape index (κ2) is 10.2. The lowest BCUT2D eigenvalue weighted by Crippen LogP contribution is -2.53. The van der Waals surface area contributed by atoms with Crippen molar-refractivity contribution in [3.8, 4) is 0 Å². The van der Waals surface area contributed by atoms with E-state index >= 15 is 0 Å². The van der Waals surface area contributed by atoms with E-state index in [9.17, 15) is 27.9 Å². The van der Waals surface area contributed by atoms with Crippen molar-refractivity contribution in [2.24, 2.45) is 0 Å². The molecule has 200 valence electrons. The number of ether oxygens (including phenoxy) is 1. The third-order valence-corrected chi connectivity index (χ3v) is 7.16. The molecule has 0 spiro atoms. The Labute approximate surface area is 218 Å². The van der Waals surface area contributed by atoms with Crippen LogP contribution in [0.5, 0.6) is 0 Å². The summed E-state index contributed by atoms with van der Waals surface area (Å²) in [4.78, 5) is 30.0. The van der Waals surface area contributed by atoms with Crippen LogP contribution in [-0.2, 0) is 27.5 Å². The summed E-state index contributed by atoms with van der Waals surface area (Å²) in [6.45, 7) is 2.18. The van der Waals surface area contributed by atoms with E-state index in [-0.39, 0.29) is 30.5 Å². The highest BCUT2D eigenvalue weighted by atomic mass is 19.1. The number of carbonyl (C=O) groups excluding carboxylic acids is 2. The predicted octanol–water partition coefficient (Wildman–Crippen LogP) is 3.49. The molecule has 0 aromatic heterocycles. The van der Waals surface area contributed by atoms with Crippen LogP contribution in [0.25, 0.3) is 0 Å². The van der Waals surface area contributed by atoms with Gasteiger partial charge >= 0.3 is 0 Å². The molecule has 2 aromatic rings. The molecule has 2 saturated heterocycles. The number of rotatable bonds is 6. The van der Waals surface area contributed by atoms with Gasteiger partial charge in [-0.15, -0.1) is 0 Å². The first-order chi connectivity index (χ1) is 18.1. The Morgan fingerprint density at radius 2 is 1.89 bits per heavy atom. The van der Waals surface area contributed by atoms with Crippen molar-refractivity contribution in [2.75, 3.05) is 13.1 Å². The van der Waals surface area contributed by atoms with Gasteiger partial charge in [-0.3, -0.25) is 9.59 Å². The maximum absolute atomic E-state index is 14.1. The highest BCUT2D eigenvalue weighted by Crippen LogP contribution is 2.38. The van der Waals surface area contributed by atoms with Crippen molar-refractivity contribution in [1.82, 2.24) is 15.1 Å². The van der Waals surface area contributed by atoms with E-state index in [1.807, 2.05) is 30.3 Å². The monoisotopic (exact) mass is 527 g/mol. The lowest BCUT2D eigenvalue weighted by Gasteiger charge is -2.43. The van der Waals surface area contributed by atoms with E-state index in [0.29, 0.717) is 49.5 Å². The summed E-state index contributed by atoms with van der Waals surface area (Å²) < 4.78 is 47.6. The molecular weight excluding hydrogens is 499 g/mol. The first-order valence-corrected chi connectivity index (χ1v) is 12.4. The zero-order valence-corrected chi connectivity index (χ0v) is 20.8. The molecule has 2 N–H and O–H groups in total. The fourth-order valence-corrected chi connectivity index (χ4v) is 5.14. The van der Waals surface area contributed by atoms with Crippen molar-refractivity contribution in [3.05, 3.63) is 94.3 Å². The van der Waals surface area contributed by atoms with Gasteiger partial charge in [-0.25, -0.2) is 13.2 Å². The van der Waals surface area contributed by atoms with Gasteiger partial charge in [-0.05, 0) is 25.3 Å². The number of allylic oxidation sites excluding steroid dienone is 1. The predicted molar refractivity (Wildman–Crippen MR) is 131 cm³/mol. The van der Waals surface area contributed by atoms with Crippen molar-refractivity contribution >= 4 is 11.8 Å². The van der Waals surface area contributed by atoms with Gasteiger partial charge < -0.3 is 25.0 Å². The minimum absolute atomic E-state index is 0.0123. The molecule has 2 aromatic carbocycles. The molecule has 2 amide bonds. The van der Waals surface area contributed by atoms with Crippen LogP contribution in [0.3, 0.4) is 0 Å². The average Bonchev–Trinajstić information content (AvgIpc) is 3.02. The Hall–Kier alpha value is -3.79. The summed E-state index contributed by atoms with van der Waals surface area (Å²) in [6, 6.07) is 10.2. The van der Waals surface area contributed by atoms with Gasteiger partial charge in [-0.1, -0.05) is 30.3 Å². The minimum atomic E-state index is -1.10. The molecule has 2 fully saturated rings. The highest BCUT2D eigenvalue weighted by molar-refractivity contribution is 5.98. The molecule has 3 heterocycles. The molecule has 0 radical (unpaired) electrons. The Kier molecular flexibility index (Phi) is 6.92. The molecule has 3 aliphatic heterocycles. The molecule has 7 nitrogen and oxygen atoms in total. The van der Waals surface area contributed by atoms with Gasteiger partial charge in [0.25, 0.3) is 5.91 Å². The summed E-state index contributed by atoms with van der Waals surface area (Å²) in [5.41, 5.74) is -0.0479. The van der Waals surface area contributed by atoms with Crippen molar-refractivity contribution in [3.63, 3.8) is 0 Å². The van der Waals surface area contributed by atoms with Gasteiger partial charge in [0.05, 0.1) is 11.6 Å². The molecule has 0 unspecified atom stereocenters. The number of hydrogen-bond acceptors (Lipinski definition) is 5. The van der Waals surface area contributed by atoms with Crippen LogP contribution in [0.2, 0.25) is 0 Å². The number of carbonyl (C=O) groups is 2. The normalized spacial score (nSPS) is 23.0. The van der Waals surface area contributed by atoms with Crippen LogP contribution in [0.4, 0.5) is 13.2 Å². The Morgan fingerprint density at radius 1 is 1.18 bits per heavy atom. The fourth-order valence-electron chi connectivity index (χ4n) is 5.14. The topological polar surface area (TPSA) is 82.1 Å². The third-order valence-electron chi connectivity index (χ3n) is 7.16. The van der Waals surface area contributed by atoms with Gasteiger partial charge in [0.1, 0.15) is 35.5 Å². The minimum Gasteiger partial charge on any atom is -0.491 e. The summed E-state index contributed by atoms with van der Waals surface area (Å²) in [5, 5.41) is 13.3. The van der Waals surface area contributed by atoms with Crippen LogP contribution in [0.1, 0.15) is 37.3 Å². The van der Waals surface area contributed by atoms with Gasteiger partial charge in [0.15, 0.2) is 0 Å². The number of nitrogens with zero attached hydrogens (tertiary/aromatic N) is 2. The van der Waals surface area contributed by atoms with Crippen molar-refractivity contribution in [1.29, 1.82) is 0 Å².